The number of carboxylic acid groups (broad SMARTS) is 1. The molecule has 6 nitrogen and oxygen atoms in total. The van der Waals surface area contributed by atoms with Gasteiger partial charge in [0.15, 0.2) is 6.04 Å². The van der Waals surface area contributed by atoms with E-state index >= 15 is 0 Å². The quantitative estimate of drug-likeness (QED) is 0.825. The minimum absolute atomic E-state index is 0.0329. The highest BCUT2D eigenvalue weighted by Gasteiger charge is 2.35. The number of rotatable bonds is 3. The molecule has 1 fully saturated rings. The van der Waals surface area contributed by atoms with Crippen LogP contribution in [0, 0.1) is 0 Å². The number of halogens is 3. The Bertz CT molecular complexity index is 693. The fourth-order valence-electron chi connectivity index (χ4n) is 3.02. The number of benzene rings is 1. The minimum Gasteiger partial charge on any atom is -0.544 e. The number of alkyl halides is 3. The Morgan fingerprint density at radius 2 is 1.78 bits per heavy atom. The molecule has 9 heteroatoms. The molecule has 0 radical (unpaired) electrons. The fraction of sp³-hybridized carbons (Fsp3) is 0.556. The monoisotopic (exact) mass is 388 g/mol. The number of aliphatic carboxylic acids is 1. The summed E-state index contributed by atoms with van der Waals surface area (Å²) < 4.78 is 44.0. The van der Waals surface area contributed by atoms with E-state index in [1.54, 1.807) is 20.8 Å². The van der Waals surface area contributed by atoms with E-state index in [4.69, 9.17) is 4.74 Å². The van der Waals surface area contributed by atoms with Gasteiger partial charge in [-0.25, -0.2) is 4.79 Å². The molecular formula is C18H23F3N2O4. The summed E-state index contributed by atoms with van der Waals surface area (Å²) in [6, 6.07) is 3.03. The summed E-state index contributed by atoms with van der Waals surface area (Å²) in [5.41, 5.74) is -1.52. The molecule has 1 aliphatic rings. The molecule has 27 heavy (non-hydrogen) atoms. The highest BCUT2D eigenvalue weighted by molar-refractivity contribution is 5.72. The lowest BCUT2D eigenvalue weighted by Crippen LogP contribution is -3.16. The Morgan fingerprint density at radius 1 is 1.19 bits per heavy atom. The number of carbonyl (C=O) groups excluding carboxylic acids is 2. The van der Waals surface area contributed by atoms with Gasteiger partial charge in [-0.1, -0.05) is 12.1 Å². The SMILES string of the molecule is CC(C)(C)OC(=O)N1CC[NH+]([C@@H](C(=O)[O-])c2cccc(C(F)(F)F)c2)CC1. The Balaban J connectivity index is 2.12. The van der Waals surface area contributed by atoms with Crippen molar-refractivity contribution in [2.24, 2.45) is 0 Å². The van der Waals surface area contributed by atoms with Crippen LogP contribution in [0.4, 0.5) is 18.0 Å². The molecule has 1 saturated heterocycles. The molecule has 1 aliphatic heterocycles. The zero-order valence-electron chi connectivity index (χ0n) is 15.4. The molecule has 1 atom stereocenters. The second kappa shape index (κ2) is 7.75. The van der Waals surface area contributed by atoms with Crippen molar-refractivity contribution in [3.8, 4) is 0 Å². The average molecular weight is 388 g/mol. The van der Waals surface area contributed by atoms with Crippen LogP contribution in [-0.2, 0) is 15.7 Å². The van der Waals surface area contributed by atoms with Gasteiger partial charge in [-0.15, -0.1) is 0 Å². The first kappa shape index (κ1) is 21.0. The number of hydrogen-bond donors (Lipinski definition) is 1. The molecule has 0 aliphatic carbocycles. The molecule has 0 bridgehead atoms. The van der Waals surface area contributed by atoms with Crippen LogP contribution >= 0.6 is 0 Å². The largest absolute Gasteiger partial charge is 0.544 e. The predicted octanol–water partition coefficient (Wildman–Crippen LogP) is 0.632. The van der Waals surface area contributed by atoms with Crippen LogP contribution in [0.3, 0.4) is 0 Å². The number of amides is 1. The lowest BCUT2D eigenvalue weighted by atomic mass is 10.0. The fourth-order valence-corrected chi connectivity index (χ4v) is 3.02. The molecule has 0 saturated carbocycles. The number of nitrogens with one attached hydrogen (secondary N) is 1. The van der Waals surface area contributed by atoms with E-state index in [2.05, 4.69) is 0 Å². The van der Waals surface area contributed by atoms with Crippen LogP contribution in [0.15, 0.2) is 24.3 Å². The van der Waals surface area contributed by atoms with Crippen molar-refractivity contribution < 1.29 is 37.5 Å². The lowest BCUT2D eigenvalue weighted by molar-refractivity contribution is -0.928. The van der Waals surface area contributed by atoms with Crippen molar-refractivity contribution in [3.05, 3.63) is 35.4 Å². The van der Waals surface area contributed by atoms with Gasteiger partial charge in [0.25, 0.3) is 0 Å². The molecule has 1 N–H and O–H groups in total. The third-order valence-electron chi connectivity index (χ3n) is 4.25. The van der Waals surface area contributed by atoms with Gasteiger partial charge in [-0.3, -0.25) is 4.90 Å². The van der Waals surface area contributed by atoms with Crippen LogP contribution in [0.5, 0.6) is 0 Å². The van der Waals surface area contributed by atoms with Crippen LogP contribution < -0.4 is 10.0 Å². The van der Waals surface area contributed by atoms with Gasteiger partial charge in [0.05, 0.1) is 31.7 Å². The van der Waals surface area contributed by atoms with Gasteiger partial charge < -0.3 is 19.5 Å². The standard InChI is InChI=1S/C18H23F3N2O4/c1-17(2,3)27-16(26)23-9-7-22(8-10-23)14(15(24)25)12-5-4-6-13(11-12)18(19,20)21/h4-6,11,14H,7-10H2,1-3H3,(H,24,25)/t14-/m1/s1. The molecule has 2 rings (SSSR count). The second-order valence-corrected chi connectivity index (χ2v) is 7.50. The van der Waals surface area contributed by atoms with E-state index in [9.17, 15) is 27.9 Å². The second-order valence-electron chi connectivity index (χ2n) is 7.50. The highest BCUT2D eigenvalue weighted by Crippen LogP contribution is 2.30. The van der Waals surface area contributed by atoms with Crippen molar-refractivity contribution in [1.82, 2.24) is 4.90 Å². The van der Waals surface area contributed by atoms with Gasteiger partial charge in [-0.05, 0) is 32.9 Å². The van der Waals surface area contributed by atoms with Gasteiger partial charge in [-0.2, -0.15) is 13.2 Å². The summed E-state index contributed by atoms with van der Waals surface area (Å²) in [5.74, 6) is -1.45. The maximum atomic E-state index is 12.9. The number of ether oxygens (including phenoxy) is 1. The number of piperazine rings is 1. The lowest BCUT2D eigenvalue weighted by Gasteiger charge is -2.37. The smallest absolute Gasteiger partial charge is 0.416 e. The Hall–Kier alpha value is -2.29. The van der Waals surface area contributed by atoms with Crippen LogP contribution in [0.1, 0.15) is 37.9 Å². The van der Waals surface area contributed by atoms with E-state index in [0.717, 1.165) is 12.1 Å². The van der Waals surface area contributed by atoms with Crippen molar-refractivity contribution >= 4 is 12.1 Å². The third-order valence-corrected chi connectivity index (χ3v) is 4.25. The molecule has 150 valence electrons. The van der Waals surface area contributed by atoms with Gasteiger partial charge in [0.1, 0.15) is 11.6 Å². The molecule has 1 heterocycles. The van der Waals surface area contributed by atoms with Gasteiger partial charge >= 0.3 is 12.3 Å². The molecular weight excluding hydrogens is 365 g/mol. The molecule has 1 aromatic rings. The van der Waals surface area contributed by atoms with Crippen molar-refractivity contribution in [2.75, 3.05) is 26.2 Å². The number of nitrogens with zero attached hydrogens (tertiary/aromatic N) is 1. The third kappa shape index (κ3) is 5.59. The number of hydrogen-bond acceptors (Lipinski definition) is 4. The Kier molecular flexibility index (Phi) is 6.04. The van der Waals surface area contributed by atoms with Crippen LogP contribution in [-0.4, -0.2) is 48.7 Å². The normalized spacial score (nSPS) is 17.5. The maximum absolute atomic E-state index is 12.9. The number of quaternary nitrogens is 1. The van der Waals surface area contributed by atoms with E-state index in [1.807, 2.05) is 0 Å². The Morgan fingerprint density at radius 3 is 2.26 bits per heavy atom. The molecule has 0 aromatic heterocycles. The summed E-state index contributed by atoms with van der Waals surface area (Å²) in [7, 11) is 0. The van der Waals surface area contributed by atoms with Crippen LogP contribution in [0.25, 0.3) is 0 Å². The van der Waals surface area contributed by atoms with Crippen molar-refractivity contribution in [3.63, 3.8) is 0 Å². The zero-order chi connectivity index (χ0) is 20.4. The number of carbonyl (C=O) groups is 2. The first-order chi connectivity index (χ1) is 12.4. The maximum Gasteiger partial charge on any atom is 0.416 e. The van der Waals surface area contributed by atoms with Gasteiger partial charge in [0.2, 0.25) is 0 Å². The van der Waals surface area contributed by atoms with Crippen molar-refractivity contribution in [2.45, 2.75) is 38.6 Å². The predicted molar refractivity (Wildman–Crippen MR) is 87.7 cm³/mol. The minimum atomic E-state index is -4.56. The first-order valence-corrected chi connectivity index (χ1v) is 8.59. The van der Waals surface area contributed by atoms with E-state index < -0.39 is 35.4 Å². The molecule has 0 spiro atoms. The molecule has 1 amide bonds. The Labute approximate surface area is 155 Å². The first-order valence-electron chi connectivity index (χ1n) is 8.59. The topological polar surface area (TPSA) is 74.1 Å². The number of carboxylic acids is 1. The highest BCUT2D eigenvalue weighted by atomic mass is 19.4. The molecule has 1 aromatic carbocycles. The van der Waals surface area contributed by atoms with Crippen LogP contribution in [0.2, 0.25) is 0 Å². The average Bonchev–Trinajstić information content (AvgIpc) is 2.53. The molecule has 0 unspecified atom stereocenters. The van der Waals surface area contributed by atoms with E-state index in [-0.39, 0.29) is 31.7 Å². The summed E-state index contributed by atoms with van der Waals surface area (Å²) in [4.78, 5) is 25.7. The zero-order valence-corrected chi connectivity index (χ0v) is 15.4. The summed E-state index contributed by atoms with van der Waals surface area (Å²) >= 11 is 0. The van der Waals surface area contributed by atoms with Gasteiger partial charge in [0, 0.05) is 5.56 Å². The van der Waals surface area contributed by atoms with E-state index in [1.165, 1.54) is 17.0 Å². The summed E-state index contributed by atoms with van der Waals surface area (Å²) in [6.07, 6.45) is -5.05. The van der Waals surface area contributed by atoms with E-state index in [0.29, 0.717) is 4.90 Å². The summed E-state index contributed by atoms with van der Waals surface area (Å²) in [5, 5.41) is 11.6. The van der Waals surface area contributed by atoms with Crippen molar-refractivity contribution in [1.29, 1.82) is 0 Å². The summed E-state index contributed by atoms with van der Waals surface area (Å²) in [6.45, 7) is 6.23.